The van der Waals surface area contributed by atoms with Gasteiger partial charge < -0.3 is 4.74 Å². The molecule has 0 amide bonds. The maximum Gasteiger partial charge on any atom is 0.142 e. The molecular formula is C12H20O2. The van der Waals surface area contributed by atoms with E-state index in [0.717, 1.165) is 12.7 Å². The van der Waals surface area contributed by atoms with Gasteiger partial charge in [-0.3, -0.25) is 4.79 Å². The van der Waals surface area contributed by atoms with Gasteiger partial charge in [0.25, 0.3) is 0 Å². The Morgan fingerprint density at radius 3 is 2.64 bits per heavy atom. The molecule has 0 spiro atoms. The second-order valence-corrected chi connectivity index (χ2v) is 3.97. The van der Waals surface area contributed by atoms with Crippen LogP contribution in [0, 0.1) is 5.92 Å². The van der Waals surface area contributed by atoms with Crippen molar-refractivity contribution in [1.29, 1.82) is 0 Å². The van der Waals surface area contributed by atoms with Crippen LogP contribution in [-0.2, 0) is 9.53 Å². The molecule has 0 bridgehead atoms. The van der Waals surface area contributed by atoms with Gasteiger partial charge in [0.1, 0.15) is 6.29 Å². The summed E-state index contributed by atoms with van der Waals surface area (Å²) >= 11 is 0. The fourth-order valence-corrected chi connectivity index (χ4v) is 2.26. The van der Waals surface area contributed by atoms with Crippen LogP contribution in [0.4, 0.5) is 0 Å². The number of allylic oxidation sites excluding steroid dienone is 1. The van der Waals surface area contributed by atoms with Crippen molar-refractivity contribution in [3.05, 3.63) is 12.2 Å². The first-order chi connectivity index (χ1) is 6.88. The van der Waals surface area contributed by atoms with Crippen LogP contribution in [0.1, 0.15) is 38.5 Å². The summed E-state index contributed by atoms with van der Waals surface area (Å²) in [6.45, 7) is 0. The van der Waals surface area contributed by atoms with E-state index in [1.54, 1.807) is 13.2 Å². The van der Waals surface area contributed by atoms with E-state index in [1.807, 2.05) is 6.08 Å². The highest BCUT2D eigenvalue weighted by molar-refractivity contribution is 5.64. The zero-order valence-electron chi connectivity index (χ0n) is 8.95. The minimum absolute atomic E-state index is 0.312. The van der Waals surface area contributed by atoms with Crippen molar-refractivity contribution in [2.45, 2.75) is 44.6 Å². The average molecular weight is 196 g/mol. The number of carbonyl (C=O) groups is 1. The summed E-state index contributed by atoms with van der Waals surface area (Å²) in [5.41, 5.74) is 0. The summed E-state index contributed by atoms with van der Waals surface area (Å²) in [6.07, 6.45) is 12.1. The number of aldehydes is 1. The summed E-state index contributed by atoms with van der Waals surface area (Å²) in [6, 6.07) is 0. The third kappa shape index (κ3) is 3.62. The van der Waals surface area contributed by atoms with Crippen molar-refractivity contribution in [3.8, 4) is 0 Å². The number of hydrogen-bond acceptors (Lipinski definition) is 2. The predicted octanol–water partition coefficient (Wildman–Crippen LogP) is 2.73. The Bertz CT molecular complexity index is 181. The summed E-state index contributed by atoms with van der Waals surface area (Å²) in [4.78, 5) is 10.1. The second-order valence-electron chi connectivity index (χ2n) is 3.97. The highest BCUT2D eigenvalue weighted by atomic mass is 16.5. The Morgan fingerprint density at radius 2 is 2.07 bits per heavy atom. The third-order valence-electron chi connectivity index (χ3n) is 3.06. The van der Waals surface area contributed by atoms with Crippen molar-refractivity contribution in [3.63, 3.8) is 0 Å². The first-order valence-electron chi connectivity index (χ1n) is 5.51. The van der Waals surface area contributed by atoms with E-state index in [4.69, 9.17) is 4.74 Å². The molecule has 1 fully saturated rings. The van der Waals surface area contributed by atoms with Crippen LogP contribution in [0.2, 0.25) is 0 Å². The van der Waals surface area contributed by atoms with Gasteiger partial charge in [-0.25, -0.2) is 0 Å². The molecule has 0 aliphatic heterocycles. The van der Waals surface area contributed by atoms with E-state index in [1.165, 1.54) is 32.1 Å². The van der Waals surface area contributed by atoms with Crippen molar-refractivity contribution in [1.82, 2.24) is 0 Å². The molecule has 80 valence electrons. The fraction of sp³-hybridized carbons (Fsp3) is 0.750. The second kappa shape index (κ2) is 6.77. The van der Waals surface area contributed by atoms with Crippen LogP contribution in [0.5, 0.6) is 0 Å². The Kier molecular flexibility index (Phi) is 5.53. The van der Waals surface area contributed by atoms with Crippen molar-refractivity contribution in [2.24, 2.45) is 5.92 Å². The zero-order chi connectivity index (χ0) is 10.2. The number of carbonyl (C=O) groups excluding carboxylic acids is 1. The highest BCUT2D eigenvalue weighted by Crippen LogP contribution is 2.29. The Balaban J connectivity index is 2.35. The number of ether oxygens (including phenoxy) is 1. The van der Waals surface area contributed by atoms with Crippen LogP contribution in [0.15, 0.2) is 12.2 Å². The van der Waals surface area contributed by atoms with Crippen LogP contribution in [0.3, 0.4) is 0 Å². The lowest BCUT2D eigenvalue weighted by atomic mass is 9.84. The van der Waals surface area contributed by atoms with Crippen molar-refractivity contribution >= 4 is 6.29 Å². The van der Waals surface area contributed by atoms with Gasteiger partial charge in [-0.05, 0) is 31.3 Å². The van der Waals surface area contributed by atoms with Gasteiger partial charge in [-0.2, -0.15) is 0 Å². The molecule has 1 saturated carbocycles. The van der Waals surface area contributed by atoms with Gasteiger partial charge >= 0.3 is 0 Å². The molecule has 0 N–H and O–H groups in total. The maximum absolute atomic E-state index is 10.1. The third-order valence-corrected chi connectivity index (χ3v) is 3.06. The molecule has 0 aromatic carbocycles. The largest absolute Gasteiger partial charge is 0.381 e. The Morgan fingerprint density at radius 1 is 1.36 bits per heavy atom. The molecule has 2 nitrogen and oxygen atoms in total. The monoisotopic (exact) mass is 196 g/mol. The lowest BCUT2D eigenvalue weighted by molar-refractivity contribution is -0.104. The van der Waals surface area contributed by atoms with E-state index >= 15 is 0 Å². The van der Waals surface area contributed by atoms with Crippen molar-refractivity contribution in [2.75, 3.05) is 7.11 Å². The van der Waals surface area contributed by atoms with E-state index in [2.05, 4.69) is 0 Å². The molecule has 0 aromatic rings. The summed E-state index contributed by atoms with van der Waals surface area (Å²) in [5.74, 6) is 0.699. The van der Waals surface area contributed by atoms with Crippen LogP contribution >= 0.6 is 0 Å². The minimum Gasteiger partial charge on any atom is -0.381 e. The van der Waals surface area contributed by atoms with Crippen LogP contribution in [0.25, 0.3) is 0 Å². The quantitative estimate of drug-likeness (QED) is 0.499. The maximum atomic E-state index is 10.1. The predicted molar refractivity (Wildman–Crippen MR) is 57.2 cm³/mol. The first-order valence-corrected chi connectivity index (χ1v) is 5.51. The molecule has 1 rings (SSSR count). The number of rotatable bonds is 5. The molecule has 1 aliphatic rings. The number of hydrogen-bond donors (Lipinski definition) is 0. The van der Waals surface area contributed by atoms with Crippen molar-refractivity contribution < 1.29 is 9.53 Å². The molecule has 1 atom stereocenters. The molecular weight excluding hydrogens is 176 g/mol. The average Bonchev–Trinajstić information content (AvgIpc) is 2.26. The van der Waals surface area contributed by atoms with Gasteiger partial charge in [0.15, 0.2) is 0 Å². The smallest absolute Gasteiger partial charge is 0.142 e. The SMILES string of the molecule is COC(C/C=C/C=O)C1CCCCC1. The summed E-state index contributed by atoms with van der Waals surface area (Å²) in [7, 11) is 1.77. The molecule has 0 heterocycles. The van der Waals surface area contributed by atoms with Gasteiger partial charge in [0.05, 0.1) is 6.10 Å². The lowest BCUT2D eigenvalue weighted by Crippen LogP contribution is -2.24. The molecule has 2 heteroatoms. The van der Waals surface area contributed by atoms with Gasteiger partial charge in [0, 0.05) is 7.11 Å². The first kappa shape index (κ1) is 11.4. The van der Waals surface area contributed by atoms with E-state index < -0.39 is 0 Å². The van der Waals surface area contributed by atoms with E-state index in [-0.39, 0.29) is 0 Å². The van der Waals surface area contributed by atoms with Gasteiger partial charge in [-0.15, -0.1) is 0 Å². The molecule has 0 radical (unpaired) electrons. The fourth-order valence-electron chi connectivity index (χ4n) is 2.26. The van der Waals surface area contributed by atoms with Gasteiger partial charge in [0.2, 0.25) is 0 Å². The molecule has 14 heavy (non-hydrogen) atoms. The molecule has 0 saturated heterocycles. The molecule has 1 aliphatic carbocycles. The topological polar surface area (TPSA) is 26.3 Å². The van der Waals surface area contributed by atoms with E-state index in [9.17, 15) is 4.79 Å². The van der Waals surface area contributed by atoms with Crippen LogP contribution < -0.4 is 0 Å². The Labute approximate surface area is 86.3 Å². The Hall–Kier alpha value is -0.630. The molecule has 0 aromatic heterocycles. The standard InChI is InChI=1S/C12H20O2/c1-14-12(9-5-6-10-13)11-7-3-2-4-8-11/h5-6,10-12H,2-4,7-9H2,1H3/b6-5+. The van der Waals surface area contributed by atoms with Gasteiger partial charge in [-0.1, -0.05) is 25.3 Å². The van der Waals surface area contributed by atoms with Crippen LogP contribution in [-0.4, -0.2) is 19.5 Å². The molecule has 1 unspecified atom stereocenters. The zero-order valence-corrected chi connectivity index (χ0v) is 8.95. The normalized spacial score (nSPS) is 21.2. The summed E-state index contributed by atoms with van der Waals surface area (Å²) < 4.78 is 5.47. The number of methoxy groups -OCH3 is 1. The summed E-state index contributed by atoms with van der Waals surface area (Å²) in [5, 5.41) is 0. The lowest BCUT2D eigenvalue weighted by Gasteiger charge is -2.28. The highest BCUT2D eigenvalue weighted by Gasteiger charge is 2.21. The van der Waals surface area contributed by atoms with E-state index in [0.29, 0.717) is 12.0 Å². The minimum atomic E-state index is 0.312.